The van der Waals surface area contributed by atoms with Crippen molar-refractivity contribution < 1.29 is 9.53 Å². The molecule has 1 heterocycles. The quantitative estimate of drug-likeness (QED) is 0.907. The van der Waals surface area contributed by atoms with Crippen molar-refractivity contribution in [2.24, 2.45) is 0 Å². The molecule has 6 heteroatoms. The van der Waals surface area contributed by atoms with E-state index in [4.69, 9.17) is 27.9 Å². The number of hydrogen-bond acceptors (Lipinski definition) is 3. The molecule has 1 amide bonds. The van der Waals surface area contributed by atoms with Gasteiger partial charge in [0.15, 0.2) is 0 Å². The molecule has 0 bridgehead atoms. The lowest BCUT2D eigenvalue weighted by molar-refractivity contribution is -0.125. The van der Waals surface area contributed by atoms with Gasteiger partial charge in [-0.1, -0.05) is 23.2 Å². The van der Waals surface area contributed by atoms with E-state index in [-0.39, 0.29) is 11.9 Å². The highest BCUT2D eigenvalue weighted by Gasteiger charge is 2.29. The minimum Gasteiger partial charge on any atom is -0.491 e. The molecule has 0 saturated carbocycles. The fourth-order valence-corrected chi connectivity index (χ4v) is 2.89. The van der Waals surface area contributed by atoms with Crippen molar-refractivity contribution in [3.63, 3.8) is 0 Å². The number of amides is 1. The second kappa shape index (κ2) is 7.16. The fraction of sp³-hybridized carbons (Fsp3) is 0.500. The predicted octanol–water partition coefficient (Wildman–Crippen LogP) is 2.58. The second-order valence-corrected chi connectivity index (χ2v) is 5.58. The summed E-state index contributed by atoms with van der Waals surface area (Å²) in [4.78, 5) is 13.9. The maximum Gasteiger partial charge on any atom is 0.237 e. The van der Waals surface area contributed by atoms with E-state index in [0.29, 0.717) is 28.9 Å². The molecule has 0 aliphatic carbocycles. The Hall–Kier alpha value is -0.970. The number of nitrogens with one attached hydrogen (secondary N) is 1. The van der Waals surface area contributed by atoms with Gasteiger partial charge in [0.05, 0.1) is 11.1 Å². The van der Waals surface area contributed by atoms with Crippen molar-refractivity contribution in [1.29, 1.82) is 0 Å². The molecule has 4 nitrogen and oxygen atoms in total. The minimum atomic E-state index is -0.0377. The topological polar surface area (TPSA) is 41.6 Å². The number of likely N-dealkylation sites (N-methyl/N-ethyl adjacent to an activating group) is 1. The van der Waals surface area contributed by atoms with Crippen LogP contribution in [0.15, 0.2) is 18.2 Å². The molecule has 0 spiro atoms. The van der Waals surface area contributed by atoms with Gasteiger partial charge < -0.3 is 10.1 Å². The van der Waals surface area contributed by atoms with Crippen molar-refractivity contribution in [1.82, 2.24) is 10.2 Å². The molecule has 110 valence electrons. The summed E-state index contributed by atoms with van der Waals surface area (Å²) in [5, 5.41) is 3.79. The summed E-state index contributed by atoms with van der Waals surface area (Å²) >= 11 is 11.9. The molecule has 1 aliphatic heterocycles. The van der Waals surface area contributed by atoms with Gasteiger partial charge >= 0.3 is 0 Å². The molecule has 2 rings (SSSR count). The SMILES string of the molecule is CNC(=O)C1CCCN1CCOc1ccc(Cl)cc1Cl. The van der Waals surface area contributed by atoms with Crippen molar-refractivity contribution >= 4 is 29.1 Å². The molecular formula is C14H18Cl2N2O2. The third-order valence-electron chi connectivity index (χ3n) is 3.44. The molecule has 1 aliphatic rings. The standard InChI is InChI=1S/C14H18Cl2N2O2/c1-17-14(19)12-3-2-6-18(12)7-8-20-13-5-4-10(15)9-11(13)16/h4-5,9,12H,2-3,6-8H2,1H3,(H,17,19). The number of rotatable bonds is 5. The van der Waals surface area contributed by atoms with Gasteiger partial charge in [-0.25, -0.2) is 0 Å². The van der Waals surface area contributed by atoms with Crippen LogP contribution in [0.2, 0.25) is 10.0 Å². The second-order valence-electron chi connectivity index (χ2n) is 4.73. The van der Waals surface area contributed by atoms with Crippen molar-refractivity contribution in [2.75, 3.05) is 26.7 Å². The molecule has 0 aromatic heterocycles. The predicted molar refractivity (Wildman–Crippen MR) is 80.6 cm³/mol. The molecule has 1 N–H and O–H groups in total. The van der Waals surface area contributed by atoms with Crippen LogP contribution in [0, 0.1) is 0 Å². The first kappa shape index (κ1) is 15.4. The third kappa shape index (κ3) is 3.78. The van der Waals surface area contributed by atoms with E-state index in [2.05, 4.69) is 10.2 Å². The molecule has 1 aromatic carbocycles. The number of likely N-dealkylation sites (tertiary alicyclic amines) is 1. The molecule has 1 atom stereocenters. The molecule has 1 fully saturated rings. The Bertz CT molecular complexity index is 482. The van der Waals surface area contributed by atoms with E-state index in [0.717, 1.165) is 19.4 Å². The summed E-state index contributed by atoms with van der Waals surface area (Å²) in [6.45, 7) is 2.13. The fourth-order valence-electron chi connectivity index (χ4n) is 2.42. The van der Waals surface area contributed by atoms with Gasteiger partial charge in [0.25, 0.3) is 0 Å². The average Bonchev–Trinajstić information content (AvgIpc) is 2.89. The normalized spacial score (nSPS) is 19.1. The lowest BCUT2D eigenvalue weighted by Crippen LogP contribution is -2.43. The van der Waals surface area contributed by atoms with Gasteiger partial charge in [0, 0.05) is 18.6 Å². The Labute approximate surface area is 129 Å². The van der Waals surface area contributed by atoms with Crippen molar-refractivity contribution in [2.45, 2.75) is 18.9 Å². The van der Waals surface area contributed by atoms with E-state index in [1.165, 1.54) is 0 Å². The molecule has 1 saturated heterocycles. The minimum absolute atomic E-state index is 0.0377. The molecular weight excluding hydrogens is 299 g/mol. The van der Waals surface area contributed by atoms with E-state index in [1.807, 2.05) is 0 Å². The van der Waals surface area contributed by atoms with Gasteiger partial charge in [0.2, 0.25) is 5.91 Å². The summed E-state index contributed by atoms with van der Waals surface area (Å²) < 4.78 is 5.65. The largest absolute Gasteiger partial charge is 0.491 e. The Morgan fingerprint density at radius 1 is 1.50 bits per heavy atom. The number of carbonyl (C=O) groups is 1. The highest BCUT2D eigenvalue weighted by molar-refractivity contribution is 6.35. The van der Waals surface area contributed by atoms with Crippen LogP contribution in [0.5, 0.6) is 5.75 Å². The zero-order chi connectivity index (χ0) is 14.5. The lowest BCUT2D eigenvalue weighted by atomic mass is 10.2. The van der Waals surface area contributed by atoms with E-state index >= 15 is 0 Å². The average molecular weight is 317 g/mol. The van der Waals surface area contributed by atoms with E-state index in [9.17, 15) is 4.79 Å². The zero-order valence-electron chi connectivity index (χ0n) is 11.4. The number of ether oxygens (including phenoxy) is 1. The Balaban J connectivity index is 1.84. The Morgan fingerprint density at radius 2 is 2.30 bits per heavy atom. The summed E-state index contributed by atoms with van der Waals surface area (Å²) in [5.41, 5.74) is 0. The summed E-state index contributed by atoms with van der Waals surface area (Å²) in [6, 6.07) is 5.11. The highest BCUT2D eigenvalue weighted by Crippen LogP contribution is 2.27. The van der Waals surface area contributed by atoms with Gasteiger partial charge in [0.1, 0.15) is 12.4 Å². The van der Waals surface area contributed by atoms with Crippen molar-refractivity contribution in [3.8, 4) is 5.75 Å². The number of nitrogens with zero attached hydrogens (tertiary/aromatic N) is 1. The van der Waals surface area contributed by atoms with E-state index < -0.39 is 0 Å². The van der Waals surface area contributed by atoms with Crippen LogP contribution in [0.1, 0.15) is 12.8 Å². The summed E-state index contributed by atoms with van der Waals surface area (Å²) in [5.74, 6) is 0.693. The van der Waals surface area contributed by atoms with Gasteiger partial charge in [-0.05, 0) is 37.6 Å². The van der Waals surface area contributed by atoms with Crippen LogP contribution < -0.4 is 10.1 Å². The molecule has 1 unspecified atom stereocenters. The maximum absolute atomic E-state index is 11.7. The lowest BCUT2D eigenvalue weighted by Gasteiger charge is -2.23. The number of halogens is 2. The highest BCUT2D eigenvalue weighted by atomic mass is 35.5. The van der Waals surface area contributed by atoms with Gasteiger partial charge in [-0.15, -0.1) is 0 Å². The first-order chi connectivity index (χ1) is 9.61. The van der Waals surface area contributed by atoms with Crippen molar-refractivity contribution in [3.05, 3.63) is 28.2 Å². The number of benzene rings is 1. The van der Waals surface area contributed by atoms with Crippen LogP contribution >= 0.6 is 23.2 Å². The molecule has 1 aromatic rings. The Kier molecular flexibility index (Phi) is 5.52. The van der Waals surface area contributed by atoms with Crippen LogP contribution in [0.3, 0.4) is 0 Å². The van der Waals surface area contributed by atoms with Gasteiger partial charge in [-0.2, -0.15) is 0 Å². The third-order valence-corrected chi connectivity index (χ3v) is 3.97. The Morgan fingerprint density at radius 3 is 3.00 bits per heavy atom. The molecule has 0 radical (unpaired) electrons. The number of carbonyl (C=O) groups excluding carboxylic acids is 1. The van der Waals surface area contributed by atoms with Crippen LogP contribution in [0.4, 0.5) is 0 Å². The summed E-state index contributed by atoms with van der Waals surface area (Å²) in [7, 11) is 1.67. The zero-order valence-corrected chi connectivity index (χ0v) is 12.9. The smallest absolute Gasteiger partial charge is 0.237 e. The maximum atomic E-state index is 11.7. The van der Waals surface area contributed by atoms with Gasteiger partial charge in [-0.3, -0.25) is 9.69 Å². The van der Waals surface area contributed by atoms with Crippen LogP contribution in [-0.2, 0) is 4.79 Å². The van der Waals surface area contributed by atoms with Crippen LogP contribution in [0.25, 0.3) is 0 Å². The monoisotopic (exact) mass is 316 g/mol. The number of hydrogen-bond donors (Lipinski definition) is 1. The van der Waals surface area contributed by atoms with Crippen LogP contribution in [-0.4, -0.2) is 43.6 Å². The van der Waals surface area contributed by atoms with E-state index in [1.54, 1.807) is 25.2 Å². The first-order valence-electron chi connectivity index (χ1n) is 6.65. The first-order valence-corrected chi connectivity index (χ1v) is 7.41. The molecule has 20 heavy (non-hydrogen) atoms. The summed E-state index contributed by atoms with van der Waals surface area (Å²) in [6.07, 6.45) is 1.95.